The number of likely N-dealkylation sites (N-methyl/N-ethyl adjacent to an activating group) is 1. The van der Waals surface area contributed by atoms with Crippen molar-refractivity contribution >= 4 is 23.2 Å². The molecule has 28 heavy (non-hydrogen) atoms. The van der Waals surface area contributed by atoms with Gasteiger partial charge in [0.2, 0.25) is 11.8 Å². The molecule has 0 aromatic heterocycles. The lowest BCUT2D eigenvalue weighted by Crippen LogP contribution is -2.41. The predicted molar refractivity (Wildman–Crippen MR) is 111 cm³/mol. The molecule has 1 aromatic carbocycles. The summed E-state index contributed by atoms with van der Waals surface area (Å²) in [6, 6.07) is 7.89. The normalized spacial score (nSPS) is 18.1. The van der Waals surface area contributed by atoms with Gasteiger partial charge in [-0.3, -0.25) is 14.5 Å². The summed E-state index contributed by atoms with van der Waals surface area (Å²) >= 11 is 0. The molecular weight excluding hydrogens is 356 g/mol. The van der Waals surface area contributed by atoms with E-state index in [-0.39, 0.29) is 24.9 Å². The topological polar surface area (TPSA) is 65.1 Å². The van der Waals surface area contributed by atoms with Gasteiger partial charge in [-0.05, 0) is 44.2 Å². The number of nitrogens with one attached hydrogen (secondary N) is 1. The highest BCUT2D eigenvalue weighted by atomic mass is 16.5. The molecule has 7 nitrogen and oxygen atoms in total. The molecule has 2 amide bonds. The smallest absolute Gasteiger partial charge is 0.238 e. The van der Waals surface area contributed by atoms with Gasteiger partial charge in [0.05, 0.1) is 26.3 Å². The molecular formula is C21H32N4O3. The van der Waals surface area contributed by atoms with Gasteiger partial charge in [0.15, 0.2) is 0 Å². The Morgan fingerprint density at radius 3 is 2.25 bits per heavy atom. The van der Waals surface area contributed by atoms with E-state index in [4.69, 9.17) is 4.74 Å². The molecule has 154 valence electrons. The van der Waals surface area contributed by atoms with Crippen molar-refractivity contribution in [2.45, 2.75) is 25.7 Å². The highest BCUT2D eigenvalue weighted by Gasteiger charge is 2.18. The minimum atomic E-state index is -0.106. The Morgan fingerprint density at radius 2 is 1.61 bits per heavy atom. The number of benzene rings is 1. The molecule has 7 heteroatoms. The van der Waals surface area contributed by atoms with Crippen LogP contribution < -0.4 is 10.2 Å². The van der Waals surface area contributed by atoms with Crippen molar-refractivity contribution in [1.29, 1.82) is 0 Å². The second kappa shape index (κ2) is 10.4. The van der Waals surface area contributed by atoms with Crippen molar-refractivity contribution in [3.8, 4) is 0 Å². The minimum absolute atomic E-state index is 0.106. The molecule has 3 rings (SSSR count). The molecule has 2 heterocycles. The zero-order chi connectivity index (χ0) is 19.8. The fraction of sp³-hybridized carbons (Fsp3) is 0.619. The maximum atomic E-state index is 12.4. The van der Waals surface area contributed by atoms with E-state index >= 15 is 0 Å². The predicted octanol–water partition coefficient (Wildman–Crippen LogP) is 1.80. The van der Waals surface area contributed by atoms with E-state index in [1.807, 2.05) is 36.2 Å². The third-order valence-electron chi connectivity index (χ3n) is 5.30. The van der Waals surface area contributed by atoms with Crippen LogP contribution in [-0.2, 0) is 14.3 Å². The Kier molecular flexibility index (Phi) is 7.68. The van der Waals surface area contributed by atoms with E-state index in [1.54, 1.807) is 4.90 Å². The van der Waals surface area contributed by atoms with E-state index in [1.165, 1.54) is 12.8 Å². The first-order chi connectivity index (χ1) is 13.6. The summed E-state index contributed by atoms with van der Waals surface area (Å²) in [5.41, 5.74) is 1.91. The standard InChI is InChI=1S/C21H32N4O3/c1-23(17-21(27)25-10-4-2-3-5-11-25)16-20(26)22-18-6-8-19(9-7-18)24-12-14-28-15-13-24/h6-9H,2-5,10-17H2,1H3,(H,22,26). The van der Waals surface area contributed by atoms with Crippen molar-refractivity contribution in [2.75, 3.05) is 69.7 Å². The molecule has 2 aliphatic heterocycles. The molecule has 1 N–H and O–H groups in total. The number of likely N-dealkylation sites (tertiary alicyclic amines) is 1. The number of amides is 2. The molecule has 0 radical (unpaired) electrons. The van der Waals surface area contributed by atoms with E-state index in [0.29, 0.717) is 0 Å². The largest absolute Gasteiger partial charge is 0.378 e. The first-order valence-corrected chi connectivity index (χ1v) is 10.3. The molecule has 1 aromatic rings. The van der Waals surface area contributed by atoms with Gasteiger partial charge in [0.1, 0.15) is 0 Å². The van der Waals surface area contributed by atoms with Crippen LogP contribution in [0.1, 0.15) is 25.7 Å². The van der Waals surface area contributed by atoms with E-state index in [9.17, 15) is 9.59 Å². The molecule has 0 unspecified atom stereocenters. The average molecular weight is 389 g/mol. The number of carbonyl (C=O) groups excluding carboxylic acids is 2. The zero-order valence-electron chi connectivity index (χ0n) is 16.9. The minimum Gasteiger partial charge on any atom is -0.378 e. The molecule has 2 saturated heterocycles. The highest BCUT2D eigenvalue weighted by molar-refractivity contribution is 5.92. The van der Waals surface area contributed by atoms with Crippen LogP contribution in [0.3, 0.4) is 0 Å². The second-order valence-corrected chi connectivity index (χ2v) is 7.66. The van der Waals surface area contributed by atoms with Gasteiger partial charge in [0.25, 0.3) is 0 Å². The first-order valence-electron chi connectivity index (χ1n) is 10.3. The van der Waals surface area contributed by atoms with Gasteiger partial charge >= 0.3 is 0 Å². The number of morpholine rings is 1. The van der Waals surface area contributed by atoms with Gasteiger partial charge in [-0.15, -0.1) is 0 Å². The van der Waals surface area contributed by atoms with Crippen molar-refractivity contribution in [3.05, 3.63) is 24.3 Å². The number of carbonyl (C=O) groups is 2. The van der Waals surface area contributed by atoms with Crippen LogP contribution in [-0.4, -0.2) is 81.1 Å². The summed E-state index contributed by atoms with van der Waals surface area (Å²) < 4.78 is 5.38. The van der Waals surface area contributed by atoms with Crippen molar-refractivity contribution in [1.82, 2.24) is 9.80 Å². The Bertz CT molecular complexity index is 636. The fourth-order valence-corrected chi connectivity index (χ4v) is 3.73. The Morgan fingerprint density at radius 1 is 0.964 bits per heavy atom. The molecule has 0 saturated carbocycles. The Balaban J connectivity index is 1.43. The maximum absolute atomic E-state index is 12.4. The number of ether oxygens (including phenoxy) is 1. The number of nitrogens with zero attached hydrogens (tertiary/aromatic N) is 3. The quantitative estimate of drug-likeness (QED) is 0.805. The molecule has 2 aliphatic rings. The first kappa shape index (κ1) is 20.6. The summed E-state index contributed by atoms with van der Waals surface area (Å²) in [4.78, 5) is 30.7. The van der Waals surface area contributed by atoms with Crippen LogP contribution in [0.15, 0.2) is 24.3 Å². The number of hydrogen-bond donors (Lipinski definition) is 1. The van der Waals surface area contributed by atoms with Gasteiger partial charge in [-0.2, -0.15) is 0 Å². The van der Waals surface area contributed by atoms with Crippen molar-refractivity contribution < 1.29 is 14.3 Å². The lowest BCUT2D eigenvalue weighted by Gasteiger charge is -2.29. The number of hydrogen-bond acceptors (Lipinski definition) is 5. The number of rotatable bonds is 6. The monoisotopic (exact) mass is 388 g/mol. The van der Waals surface area contributed by atoms with E-state index < -0.39 is 0 Å². The third-order valence-corrected chi connectivity index (χ3v) is 5.30. The van der Waals surface area contributed by atoms with Crippen LogP contribution >= 0.6 is 0 Å². The van der Waals surface area contributed by atoms with E-state index in [2.05, 4.69) is 10.2 Å². The van der Waals surface area contributed by atoms with Crippen molar-refractivity contribution in [3.63, 3.8) is 0 Å². The zero-order valence-corrected chi connectivity index (χ0v) is 16.9. The Labute approximate surface area is 167 Å². The van der Waals surface area contributed by atoms with Crippen LogP contribution in [0.2, 0.25) is 0 Å². The van der Waals surface area contributed by atoms with Crippen molar-refractivity contribution in [2.24, 2.45) is 0 Å². The van der Waals surface area contributed by atoms with Crippen LogP contribution in [0.4, 0.5) is 11.4 Å². The average Bonchev–Trinajstić information content (AvgIpc) is 2.98. The van der Waals surface area contributed by atoms with Crippen LogP contribution in [0.5, 0.6) is 0 Å². The SMILES string of the molecule is CN(CC(=O)Nc1ccc(N2CCOCC2)cc1)CC(=O)N1CCCCCC1. The van der Waals surface area contributed by atoms with Crippen LogP contribution in [0.25, 0.3) is 0 Å². The number of anilines is 2. The summed E-state index contributed by atoms with van der Waals surface area (Å²) in [6.45, 7) is 5.45. The molecule has 0 spiro atoms. The maximum Gasteiger partial charge on any atom is 0.238 e. The summed E-state index contributed by atoms with van der Waals surface area (Å²) in [7, 11) is 1.82. The highest BCUT2D eigenvalue weighted by Crippen LogP contribution is 2.19. The Hall–Kier alpha value is -2.12. The fourth-order valence-electron chi connectivity index (χ4n) is 3.73. The van der Waals surface area contributed by atoms with Crippen LogP contribution in [0, 0.1) is 0 Å². The lowest BCUT2D eigenvalue weighted by molar-refractivity contribution is -0.132. The summed E-state index contributed by atoms with van der Waals surface area (Å²) in [5.74, 6) is 0.0114. The van der Waals surface area contributed by atoms with Gasteiger partial charge in [-0.1, -0.05) is 12.8 Å². The molecule has 0 atom stereocenters. The molecule has 0 aliphatic carbocycles. The van der Waals surface area contributed by atoms with Gasteiger partial charge in [-0.25, -0.2) is 0 Å². The van der Waals surface area contributed by atoms with E-state index in [0.717, 1.165) is 63.6 Å². The summed E-state index contributed by atoms with van der Waals surface area (Å²) in [6.07, 6.45) is 4.56. The summed E-state index contributed by atoms with van der Waals surface area (Å²) in [5, 5.41) is 2.92. The third kappa shape index (κ3) is 6.21. The molecule has 0 bridgehead atoms. The van der Waals surface area contributed by atoms with Gasteiger partial charge in [0, 0.05) is 37.6 Å². The lowest BCUT2D eigenvalue weighted by atomic mass is 10.2. The molecule has 2 fully saturated rings. The van der Waals surface area contributed by atoms with Gasteiger partial charge < -0.3 is 19.9 Å². The second-order valence-electron chi connectivity index (χ2n) is 7.66.